The lowest BCUT2D eigenvalue weighted by Gasteiger charge is -2.22. The fraction of sp³-hybridized carbons (Fsp3) is 0.750. The Labute approximate surface area is 129 Å². The smallest absolute Gasteiger partial charge is 0.144 e. The molecule has 0 amide bonds. The normalized spacial score (nSPS) is 31.8. The van der Waals surface area contributed by atoms with Gasteiger partial charge in [0.1, 0.15) is 11.6 Å². The van der Waals surface area contributed by atoms with Crippen molar-refractivity contribution in [2.45, 2.75) is 57.3 Å². The number of halogens is 1. The van der Waals surface area contributed by atoms with Crippen molar-refractivity contribution in [3.63, 3.8) is 0 Å². The lowest BCUT2D eigenvalue weighted by atomic mass is 9.88. The standard InChI is InChI=1S/C16H22BrN3/c1-2-18-16-13(17)14(10-5-6-10)19-15(20-16)12-8-9-3-4-11(12)7-9/h9-12H,2-8H2,1H3,(H,18,19,20). The molecule has 0 saturated heterocycles. The molecule has 3 saturated carbocycles. The van der Waals surface area contributed by atoms with Gasteiger partial charge in [0.05, 0.1) is 10.2 Å². The second-order valence-corrected chi connectivity index (χ2v) is 7.51. The second-order valence-electron chi connectivity index (χ2n) is 6.72. The van der Waals surface area contributed by atoms with Crippen LogP contribution in [0.4, 0.5) is 5.82 Å². The third-order valence-electron chi connectivity index (χ3n) is 5.27. The average molecular weight is 336 g/mol. The highest BCUT2D eigenvalue weighted by atomic mass is 79.9. The van der Waals surface area contributed by atoms with Gasteiger partial charge in [0, 0.05) is 18.4 Å². The Morgan fingerprint density at radius 1 is 1.15 bits per heavy atom. The summed E-state index contributed by atoms with van der Waals surface area (Å²) in [5.74, 6) is 5.23. The molecule has 3 atom stereocenters. The third-order valence-corrected chi connectivity index (χ3v) is 6.05. The third kappa shape index (κ3) is 2.16. The van der Waals surface area contributed by atoms with Crippen molar-refractivity contribution in [3.8, 4) is 0 Å². The van der Waals surface area contributed by atoms with Gasteiger partial charge in [-0.25, -0.2) is 9.97 Å². The Morgan fingerprint density at radius 2 is 2.00 bits per heavy atom. The van der Waals surface area contributed by atoms with Gasteiger partial charge in [0.15, 0.2) is 0 Å². The minimum Gasteiger partial charge on any atom is -0.369 e. The fourth-order valence-corrected chi connectivity index (χ4v) is 4.76. The molecule has 2 bridgehead atoms. The molecule has 0 spiro atoms. The minimum atomic E-state index is 0.622. The maximum absolute atomic E-state index is 4.98. The number of hydrogen-bond donors (Lipinski definition) is 1. The molecule has 3 aliphatic rings. The molecule has 4 heteroatoms. The van der Waals surface area contributed by atoms with Gasteiger partial charge in [0.2, 0.25) is 0 Å². The maximum atomic E-state index is 4.98. The van der Waals surface area contributed by atoms with Crippen molar-refractivity contribution in [1.29, 1.82) is 0 Å². The SMILES string of the molecule is CCNc1nc(C2CC3CCC2C3)nc(C2CC2)c1Br. The van der Waals surface area contributed by atoms with Crippen LogP contribution >= 0.6 is 15.9 Å². The molecule has 108 valence electrons. The zero-order valence-electron chi connectivity index (χ0n) is 12.0. The quantitative estimate of drug-likeness (QED) is 0.883. The van der Waals surface area contributed by atoms with Crippen molar-refractivity contribution in [1.82, 2.24) is 9.97 Å². The topological polar surface area (TPSA) is 37.8 Å². The summed E-state index contributed by atoms with van der Waals surface area (Å²) in [6.07, 6.45) is 8.15. The first-order chi connectivity index (χ1) is 9.76. The van der Waals surface area contributed by atoms with E-state index in [1.807, 2.05) is 0 Å². The van der Waals surface area contributed by atoms with E-state index in [0.29, 0.717) is 11.8 Å². The maximum Gasteiger partial charge on any atom is 0.144 e. The van der Waals surface area contributed by atoms with Crippen LogP contribution in [0, 0.1) is 11.8 Å². The number of fused-ring (bicyclic) bond motifs is 2. The van der Waals surface area contributed by atoms with Gasteiger partial charge >= 0.3 is 0 Å². The summed E-state index contributed by atoms with van der Waals surface area (Å²) < 4.78 is 1.11. The van der Waals surface area contributed by atoms with Crippen molar-refractivity contribution >= 4 is 21.7 Å². The fourth-order valence-electron chi connectivity index (χ4n) is 4.12. The Balaban J connectivity index is 1.71. The van der Waals surface area contributed by atoms with E-state index in [2.05, 4.69) is 28.2 Å². The highest BCUT2D eigenvalue weighted by Gasteiger charge is 2.42. The first kappa shape index (κ1) is 13.1. The molecule has 3 fully saturated rings. The largest absolute Gasteiger partial charge is 0.369 e. The van der Waals surface area contributed by atoms with Crippen LogP contribution in [0.3, 0.4) is 0 Å². The highest BCUT2D eigenvalue weighted by Crippen LogP contribution is 2.53. The molecule has 1 aromatic rings. The van der Waals surface area contributed by atoms with Gasteiger partial charge in [-0.3, -0.25) is 0 Å². The molecule has 0 aromatic carbocycles. The van der Waals surface area contributed by atoms with E-state index < -0.39 is 0 Å². The molecule has 0 aliphatic heterocycles. The predicted octanol–water partition coefficient (Wildman–Crippen LogP) is 4.45. The summed E-state index contributed by atoms with van der Waals surface area (Å²) in [5, 5.41) is 3.41. The lowest BCUT2D eigenvalue weighted by molar-refractivity contribution is 0.404. The van der Waals surface area contributed by atoms with E-state index in [0.717, 1.165) is 34.5 Å². The van der Waals surface area contributed by atoms with E-state index in [1.165, 1.54) is 44.2 Å². The lowest BCUT2D eigenvalue weighted by Crippen LogP contribution is -2.15. The van der Waals surface area contributed by atoms with Crippen molar-refractivity contribution in [2.24, 2.45) is 11.8 Å². The molecule has 3 aliphatic carbocycles. The molecule has 1 N–H and O–H groups in total. The molecular weight excluding hydrogens is 314 g/mol. The van der Waals surface area contributed by atoms with Crippen molar-refractivity contribution in [2.75, 3.05) is 11.9 Å². The molecule has 1 aromatic heterocycles. The summed E-state index contributed by atoms with van der Waals surface area (Å²) in [6, 6.07) is 0. The van der Waals surface area contributed by atoms with Crippen LogP contribution in [0.5, 0.6) is 0 Å². The zero-order chi connectivity index (χ0) is 13.7. The van der Waals surface area contributed by atoms with Gasteiger partial charge in [-0.1, -0.05) is 6.42 Å². The van der Waals surface area contributed by atoms with E-state index in [1.54, 1.807) is 0 Å². The number of rotatable bonds is 4. The highest BCUT2D eigenvalue weighted by molar-refractivity contribution is 9.10. The first-order valence-electron chi connectivity index (χ1n) is 8.07. The van der Waals surface area contributed by atoms with Gasteiger partial charge in [0.25, 0.3) is 0 Å². The van der Waals surface area contributed by atoms with E-state index in [9.17, 15) is 0 Å². The summed E-state index contributed by atoms with van der Waals surface area (Å²) in [5.41, 5.74) is 1.26. The van der Waals surface area contributed by atoms with Gasteiger partial charge < -0.3 is 5.32 Å². The van der Waals surface area contributed by atoms with Crippen LogP contribution < -0.4 is 5.32 Å². The monoisotopic (exact) mass is 335 g/mol. The minimum absolute atomic E-state index is 0.622. The number of hydrogen-bond acceptors (Lipinski definition) is 3. The van der Waals surface area contributed by atoms with Crippen molar-refractivity contribution in [3.05, 3.63) is 16.0 Å². The van der Waals surface area contributed by atoms with Gasteiger partial charge in [-0.15, -0.1) is 0 Å². The Kier molecular flexibility index (Phi) is 3.24. The second kappa shape index (κ2) is 4.97. The van der Waals surface area contributed by atoms with Gasteiger partial charge in [-0.05, 0) is 66.8 Å². The Hall–Kier alpha value is -0.640. The molecule has 3 unspecified atom stereocenters. The molecule has 1 heterocycles. The van der Waals surface area contributed by atoms with Gasteiger partial charge in [-0.2, -0.15) is 0 Å². The van der Waals surface area contributed by atoms with E-state index in [-0.39, 0.29) is 0 Å². The molecule has 20 heavy (non-hydrogen) atoms. The van der Waals surface area contributed by atoms with E-state index in [4.69, 9.17) is 9.97 Å². The molecular formula is C16H22BrN3. The van der Waals surface area contributed by atoms with Crippen molar-refractivity contribution < 1.29 is 0 Å². The van der Waals surface area contributed by atoms with Crippen LogP contribution in [0.15, 0.2) is 4.47 Å². The summed E-state index contributed by atoms with van der Waals surface area (Å²) in [6.45, 7) is 3.04. The Morgan fingerprint density at radius 3 is 2.60 bits per heavy atom. The predicted molar refractivity (Wildman–Crippen MR) is 84.1 cm³/mol. The molecule has 0 radical (unpaired) electrons. The summed E-state index contributed by atoms with van der Waals surface area (Å²) in [4.78, 5) is 9.84. The number of nitrogens with zero attached hydrogens (tertiary/aromatic N) is 2. The van der Waals surface area contributed by atoms with Crippen LogP contribution in [-0.4, -0.2) is 16.5 Å². The van der Waals surface area contributed by atoms with Crippen LogP contribution in [0.25, 0.3) is 0 Å². The molecule has 4 rings (SSSR count). The number of anilines is 1. The van der Waals surface area contributed by atoms with Crippen LogP contribution in [0.2, 0.25) is 0 Å². The number of aromatic nitrogens is 2. The van der Waals surface area contributed by atoms with Crippen LogP contribution in [0.1, 0.15) is 68.8 Å². The first-order valence-corrected chi connectivity index (χ1v) is 8.86. The summed E-state index contributed by atoms with van der Waals surface area (Å²) >= 11 is 3.72. The molecule has 3 nitrogen and oxygen atoms in total. The average Bonchev–Trinajstić information content (AvgIpc) is 3.07. The Bertz CT molecular complexity index is 527. The van der Waals surface area contributed by atoms with Crippen LogP contribution in [-0.2, 0) is 0 Å². The van der Waals surface area contributed by atoms with E-state index >= 15 is 0 Å². The number of nitrogens with one attached hydrogen (secondary N) is 1. The summed E-state index contributed by atoms with van der Waals surface area (Å²) in [7, 11) is 0. The zero-order valence-corrected chi connectivity index (χ0v) is 13.6.